The van der Waals surface area contributed by atoms with Crippen LogP contribution >= 0.6 is 46.3 Å². The van der Waals surface area contributed by atoms with Gasteiger partial charge in [-0.2, -0.15) is 0 Å². The SMILES string of the molecule is CCN(CC)C(=O)C1=C(C)N=c2s/c(=C\c3ccc(Sc4ccc(Cl)cc4)c([N+](=O)[O-])c3)c(=O)n2[C@H]1c1ccc(Cl)cc1. The van der Waals surface area contributed by atoms with Gasteiger partial charge in [-0.15, -0.1) is 0 Å². The third kappa shape index (κ3) is 6.33. The molecule has 8 nitrogen and oxygen atoms in total. The van der Waals surface area contributed by atoms with E-state index in [1.807, 2.05) is 13.8 Å². The number of nitrogens with zero attached hydrogens (tertiary/aromatic N) is 4. The number of nitro groups is 1. The third-order valence-corrected chi connectivity index (χ3v) is 9.57. The van der Waals surface area contributed by atoms with Gasteiger partial charge in [-0.25, -0.2) is 4.99 Å². The van der Waals surface area contributed by atoms with E-state index in [1.54, 1.807) is 78.6 Å². The molecule has 3 aromatic carbocycles. The van der Waals surface area contributed by atoms with Crippen molar-refractivity contribution >= 4 is 64.0 Å². The van der Waals surface area contributed by atoms with Gasteiger partial charge in [0.15, 0.2) is 4.80 Å². The second-order valence-electron chi connectivity index (χ2n) is 9.65. The second-order valence-corrected chi connectivity index (χ2v) is 12.6. The van der Waals surface area contributed by atoms with Crippen molar-refractivity contribution in [1.29, 1.82) is 0 Å². The van der Waals surface area contributed by atoms with Crippen LogP contribution in [0.15, 0.2) is 97.6 Å². The van der Waals surface area contributed by atoms with Crippen molar-refractivity contribution in [1.82, 2.24) is 9.47 Å². The van der Waals surface area contributed by atoms with Crippen molar-refractivity contribution in [2.24, 2.45) is 4.99 Å². The molecule has 1 aromatic heterocycles. The number of halogens is 2. The Bertz CT molecular complexity index is 1930. The predicted octanol–water partition coefficient (Wildman–Crippen LogP) is 6.47. The van der Waals surface area contributed by atoms with Gasteiger partial charge in [0.25, 0.3) is 17.2 Å². The zero-order valence-electron chi connectivity index (χ0n) is 23.4. The average molecular weight is 654 g/mol. The number of carbonyl (C=O) groups excluding carboxylic acids is 1. The molecule has 12 heteroatoms. The Morgan fingerprint density at radius 2 is 1.70 bits per heavy atom. The minimum Gasteiger partial charge on any atom is -0.339 e. The molecule has 0 N–H and O–H groups in total. The maximum atomic E-state index is 14.0. The Balaban J connectivity index is 1.62. The van der Waals surface area contributed by atoms with E-state index in [4.69, 9.17) is 23.2 Å². The lowest BCUT2D eigenvalue weighted by Gasteiger charge is -2.29. The smallest absolute Gasteiger partial charge is 0.283 e. The van der Waals surface area contributed by atoms with Crippen molar-refractivity contribution in [3.8, 4) is 0 Å². The van der Waals surface area contributed by atoms with E-state index < -0.39 is 11.0 Å². The van der Waals surface area contributed by atoms with Crippen molar-refractivity contribution in [3.05, 3.63) is 129 Å². The number of thiazole rings is 1. The average Bonchev–Trinajstić information content (AvgIpc) is 3.29. The Morgan fingerprint density at radius 3 is 2.30 bits per heavy atom. The van der Waals surface area contributed by atoms with E-state index in [9.17, 15) is 19.7 Å². The summed E-state index contributed by atoms with van der Waals surface area (Å²) in [5.41, 5.74) is 1.75. The largest absolute Gasteiger partial charge is 0.339 e. The number of allylic oxidation sites excluding steroid dienone is 1. The van der Waals surface area contributed by atoms with Crippen LogP contribution in [0, 0.1) is 10.1 Å². The van der Waals surface area contributed by atoms with Gasteiger partial charge in [-0.3, -0.25) is 24.3 Å². The molecule has 220 valence electrons. The van der Waals surface area contributed by atoms with Crippen molar-refractivity contribution in [2.75, 3.05) is 13.1 Å². The highest BCUT2D eigenvalue weighted by Gasteiger charge is 2.34. The molecule has 0 aliphatic carbocycles. The summed E-state index contributed by atoms with van der Waals surface area (Å²) in [6, 6.07) is 18.3. The molecule has 0 fully saturated rings. The lowest BCUT2D eigenvalue weighted by molar-refractivity contribution is -0.387. The summed E-state index contributed by atoms with van der Waals surface area (Å²) in [4.78, 5) is 47.3. The maximum absolute atomic E-state index is 14.0. The molecule has 0 radical (unpaired) electrons. The van der Waals surface area contributed by atoms with Crippen LogP contribution in [0.2, 0.25) is 10.0 Å². The van der Waals surface area contributed by atoms with Crippen molar-refractivity contribution in [3.63, 3.8) is 0 Å². The molecule has 0 bridgehead atoms. The Hall–Kier alpha value is -3.70. The fraction of sp³-hybridized carbons (Fsp3) is 0.194. The molecule has 0 unspecified atom stereocenters. The highest BCUT2D eigenvalue weighted by atomic mass is 35.5. The lowest BCUT2D eigenvalue weighted by atomic mass is 9.94. The van der Waals surface area contributed by atoms with Gasteiger partial charge in [0.05, 0.1) is 31.7 Å². The van der Waals surface area contributed by atoms with E-state index in [1.165, 1.54) is 33.7 Å². The molecule has 0 saturated carbocycles. The molecule has 1 aliphatic heterocycles. The standard InChI is InChI=1S/C31H26Cl2N4O4S2/c1-4-35(5-2)30(39)27-18(3)34-31-36(28(27)20-7-9-21(32)10-8-20)29(38)26(43-31)17-19-6-15-25(24(16-19)37(40)41)42-23-13-11-22(33)12-14-23/h6-17,28H,4-5H2,1-3H3/b26-17-/t28-/m0/s1. The van der Waals surface area contributed by atoms with Gasteiger partial charge in [0.1, 0.15) is 0 Å². The zero-order chi connectivity index (χ0) is 30.8. The molecule has 0 spiro atoms. The first-order valence-electron chi connectivity index (χ1n) is 13.4. The summed E-state index contributed by atoms with van der Waals surface area (Å²) in [5, 5.41) is 13.1. The minimum atomic E-state index is -0.712. The summed E-state index contributed by atoms with van der Waals surface area (Å²) in [6.45, 7) is 6.60. The Kier molecular flexibility index (Phi) is 9.22. The van der Waals surface area contributed by atoms with Crippen LogP contribution in [0.5, 0.6) is 0 Å². The second kappa shape index (κ2) is 12.9. The van der Waals surface area contributed by atoms with Crippen molar-refractivity contribution in [2.45, 2.75) is 36.6 Å². The first-order valence-corrected chi connectivity index (χ1v) is 15.8. The van der Waals surface area contributed by atoms with E-state index in [0.29, 0.717) is 54.2 Å². The Labute approximate surface area is 265 Å². The number of aromatic nitrogens is 1. The molecule has 1 amide bonds. The van der Waals surface area contributed by atoms with Gasteiger partial charge < -0.3 is 4.90 Å². The molecule has 2 heterocycles. The fourth-order valence-electron chi connectivity index (χ4n) is 4.87. The molecular formula is C31H26Cl2N4O4S2. The molecular weight excluding hydrogens is 627 g/mol. The van der Waals surface area contributed by atoms with Gasteiger partial charge in [-0.05, 0) is 80.4 Å². The van der Waals surface area contributed by atoms with E-state index >= 15 is 0 Å². The number of fused-ring (bicyclic) bond motifs is 1. The summed E-state index contributed by atoms with van der Waals surface area (Å²) >= 11 is 14.6. The summed E-state index contributed by atoms with van der Waals surface area (Å²) < 4.78 is 1.87. The van der Waals surface area contributed by atoms with Gasteiger partial charge in [0.2, 0.25) is 0 Å². The first kappa shape index (κ1) is 30.7. The number of rotatable bonds is 8. The number of hydrogen-bond donors (Lipinski definition) is 0. The summed E-state index contributed by atoms with van der Waals surface area (Å²) in [5.74, 6) is -0.190. The molecule has 4 aromatic rings. The lowest BCUT2D eigenvalue weighted by Crippen LogP contribution is -2.43. The van der Waals surface area contributed by atoms with Crippen LogP contribution in [0.4, 0.5) is 5.69 Å². The van der Waals surface area contributed by atoms with Crippen LogP contribution in [0.25, 0.3) is 6.08 Å². The first-order chi connectivity index (χ1) is 20.6. The van der Waals surface area contributed by atoms with Crippen LogP contribution < -0.4 is 14.9 Å². The third-order valence-electron chi connectivity index (χ3n) is 7.01. The zero-order valence-corrected chi connectivity index (χ0v) is 26.6. The predicted molar refractivity (Wildman–Crippen MR) is 172 cm³/mol. The maximum Gasteiger partial charge on any atom is 0.283 e. The normalized spacial score (nSPS) is 14.8. The molecule has 1 aliphatic rings. The van der Waals surface area contributed by atoms with Crippen LogP contribution in [0.3, 0.4) is 0 Å². The molecule has 0 saturated heterocycles. The number of carbonyl (C=O) groups is 1. The monoisotopic (exact) mass is 652 g/mol. The highest BCUT2D eigenvalue weighted by Crippen LogP contribution is 2.36. The van der Waals surface area contributed by atoms with Crippen molar-refractivity contribution < 1.29 is 9.72 Å². The van der Waals surface area contributed by atoms with E-state index in [2.05, 4.69) is 4.99 Å². The molecule has 5 rings (SSSR count). The fourth-order valence-corrected chi connectivity index (χ4v) is 7.07. The van der Waals surface area contributed by atoms with Crippen LogP contribution in [-0.4, -0.2) is 33.4 Å². The molecule has 43 heavy (non-hydrogen) atoms. The number of hydrogen-bond acceptors (Lipinski definition) is 7. The quantitative estimate of drug-likeness (QED) is 0.160. The molecule has 1 atom stereocenters. The Morgan fingerprint density at radius 1 is 1.07 bits per heavy atom. The van der Waals surface area contributed by atoms with Gasteiger partial charge in [0, 0.05) is 34.1 Å². The van der Waals surface area contributed by atoms with E-state index in [-0.39, 0.29) is 17.2 Å². The van der Waals surface area contributed by atoms with E-state index in [0.717, 1.165) is 10.5 Å². The number of nitro benzene ring substituents is 1. The summed E-state index contributed by atoms with van der Waals surface area (Å²) in [7, 11) is 0. The topological polar surface area (TPSA) is 97.8 Å². The highest BCUT2D eigenvalue weighted by molar-refractivity contribution is 7.99. The van der Waals surface area contributed by atoms with Crippen LogP contribution in [0.1, 0.15) is 37.9 Å². The van der Waals surface area contributed by atoms with Gasteiger partial charge in [-0.1, -0.05) is 64.5 Å². The summed E-state index contributed by atoms with van der Waals surface area (Å²) in [6.07, 6.45) is 1.62. The number of benzene rings is 3. The van der Waals surface area contributed by atoms with Gasteiger partial charge >= 0.3 is 0 Å². The number of amides is 1. The number of likely N-dealkylation sites (N-methyl/N-ethyl adjacent to an activating group) is 1. The van der Waals surface area contributed by atoms with Crippen LogP contribution in [-0.2, 0) is 4.79 Å². The minimum absolute atomic E-state index is 0.0801.